The molecule has 1 aromatic carbocycles. The molecule has 0 radical (unpaired) electrons. The van der Waals surface area contributed by atoms with Crippen molar-refractivity contribution in [2.45, 2.75) is 31.4 Å². The zero-order valence-corrected chi connectivity index (χ0v) is 12.5. The predicted octanol–water partition coefficient (Wildman–Crippen LogP) is 3.12. The second-order valence-electron chi connectivity index (χ2n) is 4.81. The van der Waals surface area contributed by atoms with Crippen LogP contribution in [0.25, 0.3) is 0 Å². The van der Waals surface area contributed by atoms with Crippen LogP contribution in [0.15, 0.2) is 22.7 Å². The molecule has 0 bridgehead atoms. The Bertz CT molecular complexity index is 399. The number of ether oxygens (including phenoxy) is 2. The third-order valence-corrected chi connectivity index (χ3v) is 4.31. The first-order valence-corrected chi connectivity index (χ1v) is 7.07. The molecule has 0 heterocycles. The van der Waals surface area contributed by atoms with Crippen molar-refractivity contribution in [1.82, 2.24) is 5.32 Å². The molecule has 18 heavy (non-hydrogen) atoms. The maximum atomic E-state index is 5.58. The molecule has 1 fully saturated rings. The highest BCUT2D eigenvalue weighted by Gasteiger charge is 2.36. The van der Waals surface area contributed by atoms with Crippen molar-refractivity contribution in [2.75, 3.05) is 20.8 Å². The van der Waals surface area contributed by atoms with Crippen LogP contribution in [0, 0.1) is 0 Å². The van der Waals surface area contributed by atoms with Gasteiger partial charge in [0, 0.05) is 20.2 Å². The fourth-order valence-corrected chi connectivity index (χ4v) is 2.87. The number of methoxy groups -OCH3 is 2. The van der Waals surface area contributed by atoms with Gasteiger partial charge in [-0.3, -0.25) is 0 Å². The standard InChI is InChI=1S/C14H20BrNO2/c1-17-13-5-4-11(8-12(13)15)9-16-10-14(18-2)6-3-7-14/h4-5,8,16H,3,6-7,9-10H2,1-2H3. The molecule has 1 N–H and O–H groups in total. The number of hydrogen-bond acceptors (Lipinski definition) is 3. The molecule has 0 spiro atoms. The van der Waals surface area contributed by atoms with Gasteiger partial charge in [-0.2, -0.15) is 0 Å². The molecule has 4 heteroatoms. The Hall–Kier alpha value is -0.580. The van der Waals surface area contributed by atoms with Crippen molar-refractivity contribution in [1.29, 1.82) is 0 Å². The van der Waals surface area contributed by atoms with Gasteiger partial charge in [0.15, 0.2) is 0 Å². The van der Waals surface area contributed by atoms with Gasteiger partial charge in [-0.1, -0.05) is 6.07 Å². The number of halogens is 1. The van der Waals surface area contributed by atoms with Crippen molar-refractivity contribution >= 4 is 15.9 Å². The molecule has 1 saturated carbocycles. The first-order chi connectivity index (χ1) is 8.69. The number of hydrogen-bond donors (Lipinski definition) is 1. The van der Waals surface area contributed by atoms with E-state index in [2.05, 4.69) is 33.4 Å². The first kappa shape index (κ1) is 13.8. The summed E-state index contributed by atoms with van der Waals surface area (Å²) in [4.78, 5) is 0. The maximum absolute atomic E-state index is 5.58. The molecular formula is C14H20BrNO2. The van der Waals surface area contributed by atoms with Crippen molar-refractivity contribution < 1.29 is 9.47 Å². The van der Waals surface area contributed by atoms with Crippen molar-refractivity contribution in [3.63, 3.8) is 0 Å². The van der Waals surface area contributed by atoms with E-state index in [1.807, 2.05) is 13.2 Å². The van der Waals surface area contributed by atoms with Gasteiger partial charge in [0.1, 0.15) is 5.75 Å². The van der Waals surface area contributed by atoms with Crippen LogP contribution in [0.4, 0.5) is 0 Å². The van der Waals surface area contributed by atoms with Crippen LogP contribution in [-0.2, 0) is 11.3 Å². The minimum absolute atomic E-state index is 0.0870. The van der Waals surface area contributed by atoms with E-state index in [1.54, 1.807) is 7.11 Å². The van der Waals surface area contributed by atoms with E-state index in [0.29, 0.717) is 0 Å². The van der Waals surface area contributed by atoms with Gasteiger partial charge < -0.3 is 14.8 Å². The van der Waals surface area contributed by atoms with Gasteiger partial charge in [-0.15, -0.1) is 0 Å². The van der Waals surface area contributed by atoms with Crippen LogP contribution < -0.4 is 10.1 Å². The molecule has 0 atom stereocenters. The lowest BCUT2D eigenvalue weighted by Crippen LogP contribution is -2.47. The predicted molar refractivity (Wildman–Crippen MR) is 76.0 cm³/mol. The van der Waals surface area contributed by atoms with E-state index in [0.717, 1.165) is 23.3 Å². The topological polar surface area (TPSA) is 30.5 Å². The molecule has 0 saturated heterocycles. The monoisotopic (exact) mass is 313 g/mol. The smallest absolute Gasteiger partial charge is 0.133 e. The minimum Gasteiger partial charge on any atom is -0.496 e. The Morgan fingerprint density at radius 2 is 2.11 bits per heavy atom. The minimum atomic E-state index is 0.0870. The number of rotatable bonds is 6. The third-order valence-electron chi connectivity index (χ3n) is 3.69. The summed E-state index contributed by atoms with van der Waals surface area (Å²) in [6.07, 6.45) is 3.62. The Balaban J connectivity index is 1.85. The molecule has 1 aliphatic carbocycles. The highest BCUT2D eigenvalue weighted by atomic mass is 79.9. The van der Waals surface area contributed by atoms with E-state index in [4.69, 9.17) is 9.47 Å². The Labute approximate surface area is 117 Å². The van der Waals surface area contributed by atoms with Gasteiger partial charge in [0.25, 0.3) is 0 Å². The summed E-state index contributed by atoms with van der Waals surface area (Å²) >= 11 is 3.50. The van der Waals surface area contributed by atoms with Crippen LogP contribution in [0.3, 0.4) is 0 Å². The zero-order valence-electron chi connectivity index (χ0n) is 11.0. The van der Waals surface area contributed by atoms with E-state index < -0.39 is 0 Å². The second-order valence-corrected chi connectivity index (χ2v) is 5.67. The molecule has 0 unspecified atom stereocenters. The van der Waals surface area contributed by atoms with Gasteiger partial charge in [-0.05, 0) is 52.9 Å². The summed E-state index contributed by atoms with van der Waals surface area (Å²) in [5, 5.41) is 3.47. The number of nitrogens with one attached hydrogen (secondary N) is 1. The Kier molecular flexibility index (Phi) is 4.65. The second kappa shape index (κ2) is 6.04. The summed E-state index contributed by atoms with van der Waals surface area (Å²) in [6, 6.07) is 6.15. The van der Waals surface area contributed by atoms with Gasteiger partial charge in [0.2, 0.25) is 0 Å². The normalized spacial score (nSPS) is 17.3. The Morgan fingerprint density at radius 3 is 2.61 bits per heavy atom. The molecule has 1 aliphatic rings. The lowest BCUT2D eigenvalue weighted by atomic mass is 9.80. The molecular weight excluding hydrogens is 294 g/mol. The fourth-order valence-electron chi connectivity index (χ4n) is 2.28. The average Bonchev–Trinajstić information content (AvgIpc) is 2.33. The highest BCUT2D eigenvalue weighted by Crippen LogP contribution is 2.34. The lowest BCUT2D eigenvalue weighted by molar-refractivity contribution is -0.0695. The third kappa shape index (κ3) is 3.05. The fraction of sp³-hybridized carbons (Fsp3) is 0.571. The van der Waals surface area contributed by atoms with Crippen molar-refractivity contribution in [3.05, 3.63) is 28.2 Å². The molecule has 0 aliphatic heterocycles. The van der Waals surface area contributed by atoms with Crippen molar-refractivity contribution in [2.24, 2.45) is 0 Å². The lowest BCUT2D eigenvalue weighted by Gasteiger charge is -2.40. The summed E-state index contributed by atoms with van der Waals surface area (Å²) in [6.45, 7) is 1.78. The Morgan fingerprint density at radius 1 is 1.33 bits per heavy atom. The molecule has 0 aromatic heterocycles. The van der Waals surface area contributed by atoms with Gasteiger partial charge in [-0.25, -0.2) is 0 Å². The summed E-state index contributed by atoms with van der Waals surface area (Å²) < 4.78 is 11.8. The van der Waals surface area contributed by atoms with Crippen LogP contribution in [-0.4, -0.2) is 26.4 Å². The van der Waals surface area contributed by atoms with E-state index in [1.165, 1.54) is 24.8 Å². The van der Waals surface area contributed by atoms with Gasteiger partial charge in [0.05, 0.1) is 17.2 Å². The molecule has 2 rings (SSSR count). The van der Waals surface area contributed by atoms with Crippen molar-refractivity contribution in [3.8, 4) is 5.75 Å². The zero-order chi connectivity index (χ0) is 13.0. The van der Waals surface area contributed by atoms with Crippen LogP contribution in [0.5, 0.6) is 5.75 Å². The summed E-state index contributed by atoms with van der Waals surface area (Å²) in [5.74, 6) is 0.867. The summed E-state index contributed by atoms with van der Waals surface area (Å²) in [7, 11) is 3.49. The highest BCUT2D eigenvalue weighted by molar-refractivity contribution is 9.10. The largest absolute Gasteiger partial charge is 0.496 e. The average molecular weight is 314 g/mol. The molecule has 3 nitrogen and oxygen atoms in total. The van der Waals surface area contributed by atoms with E-state index in [9.17, 15) is 0 Å². The molecule has 1 aromatic rings. The molecule has 100 valence electrons. The van der Waals surface area contributed by atoms with E-state index >= 15 is 0 Å². The SMILES string of the molecule is COc1ccc(CNCC2(OC)CCC2)cc1Br. The first-order valence-electron chi connectivity index (χ1n) is 6.27. The van der Waals surface area contributed by atoms with Crippen LogP contribution in [0.2, 0.25) is 0 Å². The summed E-state index contributed by atoms with van der Waals surface area (Å²) in [5.41, 5.74) is 1.33. The molecule has 0 amide bonds. The van der Waals surface area contributed by atoms with E-state index in [-0.39, 0.29) is 5.60 Å². The quantitative estimate of drug-likeness (QED) is 0.875. The van der Waals surface area contributed by atoms with Gasteiger partial charge >= 0.3 is 0 Å². The maximum Gasteiger partial charge on any atom is 0.133 e. The van der Waals surface area contributed by atoms with Crippen LogP contribution in [0.1, 0.15) is 24.8 Å². The number of benzene rings is 1. The van der Waals surface area contributed by atoms with Crippen LogP contribution >= 0.6 is 15.9 Å².